The van der Waals surface area contributed by atoms with Gasteiger partial charge in [-0.2, -0.15) is 0 Å². The van der Waals surface area contributed by atoms with Gasteiger partial charge >= 0.3 is 0 Å². The van der Waals surface area contributed by atoms with E-state index in [2.05, 4.69) is 0 Å². The van der Waals surface area contributed by atoms with Crippen molar-refractivity contribution in [3.05, 3.63) is 88.3 Å². The largest absolute Gasteiger partial charge is 0.277 e. The van der Waals surface area contributed by atoms with Crippen LogP contribution in [0.3, 0.4) is 0 Å². The number of benzene rings is 2. The molecule has 4 nitrogen and oxygen atoms in total. The highest BCUT2D eigenvalue weighted by Gasteiger charge is 2.17. The molecule has 1 aromatic heterocycles. The first kappa shape index (κ1) is 13.1. The van der Waals surface area contributed by atoms with E-state index in [-0.39, 0.29) is 11.5 Å². The first-order valence-corrected chi connectivity index (χ1v) is 6.65. The van der Waals surface area contributed by atoms with E-state index in [4.69, 9.17) is 0 Å². The summed E-state index contributed by atoms with van der Waals surface area (Å²) in [4.78, 5) is 24.9. The van der Waals surface area contributed by atoms with Crippen molar-refractivity contribution in [2.45, 2.75) is 6.92 Å². The van der Waals surface area contributed by atoms with Gasteiger partial charge in [-0.15, -0.1) is 0 Å². The molecule has 3 rings (SSSR count). The molecule has 0 N–H and O–H groups in total. The van der Waals surface area contributed by atoms with E-state index in [0.29, 0.717) is 16.9 Å². The van der Waals surface area contributed by atoms with Crippen LogP contribution in [0, 0.1) is 6.92 Å². The molecule has 0 amide bonds. The van der Waals surface area contributed by atoms with Gasteiger partial charge in [0, 0.05) is 17.3 Å². The smallest absolute Gasteiger partial charge is 0.267 e. The molecule has 0 spiro atoms. The maximum atomic E-state index is 12.7. The molecule has 0 saturated heterocycles. The van der Waals surface area contributed by atoms with Crippen LogP contribution in [0.2, 0.25) is 0 Å². The molecule has 0 aliphatic carbocycles. The van der Waals surface area contributed by atoms with Crippen molar-refractivity contribution >= 4 is 5.91 Å². The second-order valence-corrected chi connectivity index (χ2v) is 4.75. The minimum atomic E-state index is -0.223. The van der Waals surface area contributed by atoms with Crippen LogP contribution in [0.15, 0.2) is 71.5 Å². The number of hydrogen-bond donors (Lipinski definition) is 0. The molecule has 2 aromatic carbocycles. The number of nitrogens with zero attached hydrogens (tertiary/aromatic N) is 2. The Balaban J connectivity index is 2.20. The van der Waals surface area contributed by atoms with E-state index < -0.39 is 0 Å². The van der Waals surface area contributed by atoms with Gasteiger partial charge in [-0.1, -0.05) is 36.4 Å². The summed E-state index contributed by atoms with van der Waals surface area (Å²) in [6.45, 7) is 1.75. The second-order valence-electron chi connectivity index (χ2n) is 4.75. The van der Waals surface area contributed by atoms with Gasteiger partial charge < -0.3 is 0 Å². The number of para-hydroxylation sites is 1. The Morgan fingerprint density at radius 1 is 0.905 bits per heavy atom. The zero-order valence-electron chi connectivity index (χ0n) is 11.6. The van der Waals surface area contributed by atoms with E-state index in [0.717, 1.165) is 0 Å². The molecule has 0 saturated carbocycles. The molecule has 0 atom stereocenters. The Kier molecular flexibility index (Phi) is 3.28. The Hall–Kier alpha value is -2.88. The van der Waals surface area contributed by atoms with Gasteiger partial charge in [0.15, 0.2) is 0 Å². The summed E-state index contributed by atoms with van der Waals surface area (Å²) < 4.78 is 2.80. The predicted octanol–water partition coefficient (Wildman–Crippen LogP) is 2.64. The monoisotopic (exact) mass is 278 g/mol. The lowest BCUT2D eigenvalue weighted by Gasteiger charge is -2.12. The van der Waals surface area contributed by atoms with Crippen LogP contribution in [-0.4, -0.2) is 15.3 Å². The second kappa shape index (κ2) is 5.25. The van der Waals surface area contributed by atoms with Gasteiger partial charge in [0.05, 0.1) is 5.69 Å². The molecular formula is C17H14N2O2. The van der Waals surface area contributed by atoms with Crippen molar-refractivity contribution in [1.82, 2.24) is 9.36 Å². The molecule has 3 aromatic rings. The Morgan fingerprint density at radius 2 is 1.48 bits per heavy atom. The summed E-state index contributed by atoms with van der Waals surface area (Å²) in [5, 5.41) is 0. The number of aryl methyl sites for hydroxylation is 1. The number of rotatable bonds is 2. The van der Waals surface area contributed by atoms with E-state index in [1.807, 2.05) is 24.3 Å². The van der Waals surface area contributed by atoms with Gasteiger partial charge in [-0.3, -0.25) is 9.59 Å². The zero-order valence-corrected chi connectivity index (χ0v) is 11.6. The highest BCUT2D eigenvalue weighted by atomic mass is 16.2. The summed E-state index contributed by atoms with van der Waals surface area (Å²) in [5.41, 5.74) is 1.60. The van der Waals surface area contributed by atoms with Crippen molar-refractivity contribution in [3.63, 3.8) is 0 Å². The predicted molar refractivity (Wildman–Crippen MR) is 80.9 cm³/mol. The summed E-state index contributed by atoms with van der Waals surface area (Å²) in [6, 6.07) is 19.5. The van der Waals surface area contributed by atoms with Gasteiger partial charge in [0.1, 0.15) is 0 Å². The molecule has 0 aliphatic heterocycles. The summed E-state index contributed by atoms with van der Waals surface area (Å²) in [6.07, 6.45) is 0. The summed E-state index contributed by atoms with van der Waals surface area (Å²) >= 11 is 0. The minimum absolute atomic E-state index is 0.219. The topological polar surface area (TPSA) is 44.0 Å². The fraction of sp³-hybridized carbons (Fsp3) is 0.0588. The fourth-order valence-corrected chi connectivity index (χ4v) is 2.32. The Morgan fingerprint density at radius 3 is 2.10 bits per heavy atom. The Labute approximate surface area is 121 Å². The lowest BCUT2D eigenvalue weighted by molar-refractivity contribution is 0.0933. The van der Waals surface area contributed by atoms with E-state index in [9.17, 15) is 9.59 Å². The molecule has 104 valence electrons. The number of carbonyl (C=O) groups is 1. The lowest BCUT2D eigenvalue weighted by Crippen LogP contribution is -2.27. The highest BCUT2D eigenvalue weighted by Crippen LogP contribution is 2.10. The highest BCUT2D eigenvalue weighted by molar-refractivity contribution is 5.96. The van der Waals surface area contributed by atoms with Crippen molar-refractivity contribution in [2.75, 3.05) is 0 Å². The lowest BCUT2D eigenvalue weighted by atomic mass is 10.2. The number of carbonyl (C=O) groups excluding carboxylic acids is 1. The third-order valence-electron chi connectivity index (χ3n) is 3.29. The SMILES string of the molecule is Cc1cc(=O)n(-c2ccccc2)n1C(=O)c1ccccc1. The number of aromatic nitrogens is 2. The average molecular weight is 278 g/mol. The van der Waals surface area contributed by atoms with Crippen molar-refractivity contribution in [2.24, 2.45) is 0 Å². The quantitative estimate of drug-likeness (QED) is 0.723. The van der Waals surface area contributed by atoms with Crippen LogP contribution in [0.4, 0.5) is 0 Å². The number of hydrogen-bond acceptors (Lipinski definition) is 2. The third-order valence-corrected chi connectivity index (χ3v) is 3.29. The minimum Gasteiger partial charge on any atom is -0.267 e. The van der Waals surface area contributed by atoms with Crippen LogP contribution in [0.25, 0.3) is 5.69 Å². The maximum Gasteiger partial charge on any atom is 0.277 e. The van der Waals surface area contributed by atoms with Crippen molar-refractivity contribution in [3.8, 4) is 5.69 Å². The molecule has 0 aliphatic rings. The first-order chi connectivity index (χ1) is 10.2. The van der Waals surface area contributed by atoms with Gasteiger partial charge in [0.2, 0.25) is 0 Å². The molecule has 21 heavy (non-hydrogen) atoms. The molecule has 4 heteroatoms. The van der Waals surface area contributed by atoms with E-state index in [1.165, 1.54) is 15.4 Å². The van der Waals surface area contributed by atoms with Crippen LogP contribution >= 0.6 is 0 Å². The Bertz CT molecular complexity index is 830. The summed E-state index contributed by atoms with van der Waals surface area (Å²) in [5.74, 6) is -0.223. The van der Waals surface area contributed by atoms with Crippen molar-refractivity contribution < 1.29 is 4.79 Å². The van der Waals surface area contributed by atoms with Gasteiger partial charge in [-0.05, 0) is 31.2 Å². The van der Waals surface area contributed by atoms with Gasteiger partial charge in [0.25, 0.3) is 11.5 Å². The standard InChI is InChI=1S/C17H14N2O2/c1-13-12-16(20)19(15-10-6-3-7-11-15)18(13)17(21)14-8-4-2-5-9-14/h2-12H,1H3. The molecule has 0 unspecified atom stereocenters. The fourth-order valence-electron chi connectivity index (χ4n) is 2.32. The zero-order chi connectivity index (χ0) is 14.8. The first-order valence-electron chi connectivity index (χ1n) is 6.65. The maximum absolute atomic E-state index is 12.7. The normalized spacial score (nSPS) is 10.5. The third kappa shape index (κ3) is 2.31. The molecule has 0 fully saturated rings. The van der Waals surface area contributed by atoms with Crippen LogP contribution in [-0.2, 0) is 0 Å². The van der Waals surface area contributed by atoms with Crippen LogP contribution < -0.4 is 5.56 Å². The summed E-state index contributed by atoms with van der Waals surface area (Å²) in [7, 11) is 0. The average Bonchev–Trinajstić information content (AvgIpc) is 2.82. The van der Waals surface area contributed by atoms with Gasteiger partial charge in [-0.25, -0.2) is 9.36 Å². The molecular weight excluding hydrogens is 264 g/mol. The van der Waals surface area contributed by atoms with Crippen LogP contribution in [0.1, 0.15) is 16.1 Å². The van der Waals surface area contributed by atoms with Crippen molar-refractivity contribution in [1.29, 1.82) is 0 Å². The molecule has 0 bridgehead atoms. The molecule has 1 heterocycles. The van der Waals surface area contributed by atoms with E-state index in [1.54, 1.807) is 43.3 Å². The van der Waals surface area contributed by atoms with E-state index >= 15 is 0 Å². The van der Waals surface area contributed by atoms with Crippen LogP contribution in [0.5, 0.6) is 0 Å². The molecule has 0 radical (unpaired) electrons.